The van der Waals surface area contributed by atoms with E-state index in [4.69, 9.17) is 9.73 Å². The van der Waals surface area contributed by atoms with Gasteiger partial charge in [0.2, 0.25) is 0 Å². The van der Waals surface area contributed by atoms with Crippen LogP contribution in [0.1, 0.15) is 17.3 Å². The van der Waals surface area contributed by atoms with E-state index >= 15 is 0 Å². The number of morpholine rings is 1. The Kier molecular flexibility index (Phi) is 4.78. The Labute approximate surface area is 160 Å². The number of nitrogens with zero attached hydrogens (tertiary/aromatic N) is 3. The number of carbonyl (C=O) groups is 1. The number of ether oxygens (including phenoxy) is 1. The molecule has 3 heterocycles. The van der Waals surface area contributed by atoms with Gasteiger partial charge in [-0.3, -0.25) is 4.79 Å². The molecule has 150 valence electrons. The highest BCUT2D eigenvalue weighted by Crippen LogP contribution is 2.38. The number of hydrogen-bond acceptors (Lipinski definition) is 6. The van der Waals surface area contributed by atoms with Gasteiger partial charge in [-0.25, -0.2) is 4.99 Å². The van der Waals surface area contributed by atoms with Gasteiger partial charge in [0, 0.05) is 26.2 Å². The fourth-order valence-electron chi connectivity index (χ4n) is 3.70. The third-order valence-electron chi connectivity index (χ3n) is 5.10. The lowest BCUT2D eigenvalue weighted by molar-refractivity contribution is -0.167. The largest absolute Gasteiger partial charge is 0.456 e. The lowest BCUT2D eigenvalue weighted by Crippen LogP contribution is -2.48. The summed E-state index contributed by atoms with van der Waals surface area (Å²) in [5.74, 6) is -1.44. The molecule has 0 aliphatic carbocycles. The normalized spacial score (nSPS) is 22.7. The van der Waals surface area contributed by atoms with Gasteiger partial charge in [-0.05, 0) is 12.5 Å². The molecular weight excluding hydrogens is 373 g/mol. The Morgan fingerprint density at radius 2 is 1.86 bits per heavy atom. The van der Waals surface area contributed by atoms with E-state index < -0.39 is 23.8 Å². The van der Waals surface area contributed by atoms with Crippen molar-refractivity contribution in [3.05, 3.63) is 46.8 Å². The average molecular weight is 394 g/mol. The second-order valence-corrected chi connectivity index (χ2v) is 7.01. The molecule has 0 spiro atoms. The predicted molar refractivity (Wildman–Crippen MR) is 96.5 cm³/mol. The standard InChI is InChI=1S/C19H21F3N4O2/c1-12-2-4-13(5-3-12)17-24-18(25-8-10-28-11-9-25)15-14(16(27)19(20,21)22)23-6-7-26(15)17/h2-5,17,23H,6-11H2,1H3. The molecule has 1 aromatic rings. The van der Waals surface area contributed by atoms with Crippen LogP contribution in [-0.4, -0.2) is 67.0 Å². The molecule has 4 rings (SSSR count). The molecule has 9 heteroatoms. The molecule has 0 radical (unpaired) electrons. The van der Waals surface area contributed by atoms with E-state index in [1.54, 1.807) is 4.90 Å². The molecule has 1 fully saturated rings. The van der Waals surface area contributed by atoms with Crippen molar-refractivity contribution in [1.82, 2.24) is 15.1 Å². The maximum atomic E-state index is 13.2. The molecule has 1 aromatic carbocycles. The number of aryl methyl sites for hydroxylation is 1. The second kappa shape index (κ2) is 7.12. The molecule has 1 atom stereocenters. The zero-order chi connectivity index (χ0) is 19.9. The molecule has 0 amide bonds. The summed E-state index contributed by atoms with van der Waals surface area (Å²) in [5, 5.41) is 2.68. The molecule has 0 aromatic heterocycles. The summed E-state index contributed by atoms with van der Waals surface area (Å²) in [6.45, 7) is 4.65. The summed E-state index contributed by atoms with van der Waals surface area (Å²) in [7, 11) is 0. The van der Waals surface area contributed by atoms with Crippen LogP contribution < -0.4 is 5.32 Å². The third kappa shape index (κ3) is 3.34. The second-order valence-electron chi connectivity index (χ2n) is 7.01. The Morgan fingerprint density at radius 3 is 2.50 bits per heavy atom. The van der Waals surface area contributed by atoms with Crippen LogP contribution >= 0.6 is 0 Å². The van der Waals surface area contributed by atoms with Crippen LogP contribution in [0.3, 0.4) is 0 Å². The molecule has 0 saturated carbocycles. The van der Waals surface area contributed by atoms with Crippen molar-refractivity contribution in [3.63, 3.8) is 0 Å². The summed E-state index contributed by atoms with van der Waals surface area (Å²) < 4.78 is 45.0. The number of allylic oxidation sites excluding steroid dienone is 1. The molecule has 1 unspecified atom stereocenters. The van der Waals surface area contributed by atoms with Crippen LogP contribution in [-0.2, 0) is 9.53 Å². The van der Waals surface area contributed by atoms with Crippen LogP contribution in [0, 0.1) is 6.92 Å². The fourth-order valence-corrected chi connectivity index (χ4v) is 3.70. The minimum Gasteiger partial charge on any atom is -0.378 e. The summed E-state index contributed by atoms with van der Waals surface area (Å²) in [4.78, 5) is 20.6. The highest BCUT2D eigenvalue weighted by atomic mass is 19.4. The van der Waals surface area contributed by atoms with E-state index in [1.807, 2.05) is 36.1 Å². The predicted octanol–water partition coefficient (Wildman–Crippen LogP) is 1.99. The number of ketones is 1. The van der Waals surface area contributed by atoms with Gasteiger partial charge in [0.1, 0.15) is 17.6 Å². The number of alkyl halides is 3. The van der Waals surface area contributed by atoms with Crippen LogP contribution in [0.5, 0.6) is 0 Å². The molecular formula is C19H21F3N4O2. The number of rotatable bonds is 2. The molecule has 3 aliphatic heterocycles. The number of benzene rings is 1. The zero-order valence-corrected chi connectivity index (χ0v) is 15.4. The van der Waals surface area contributed by atoms with Gasteiger partial charge >= 0.3 is 6.18 Å². The first-order chi connectivity index (χ1) is 13.4. The van der Waals surface area contributed by atoms with Gasteiger partial charge in [-0.15, -0.1) is 0 Å². The van der Waals surface area contributed by atoms with Crippen molar-refractivity contribution < 1.29 is 22.7 Å². The minimum atomic E-state index is -4.95. The Morgan fingerprint density at radius 1 is 1.18 bits per heavy atom. The molecule has 1 saturated heterocycles. The zero-order valence-electron chi connectivity index (χ0n) is 15.4. The highest BCUT2D eigenvalue weighted by Gasteiger charge is 2.47. The van der Waals surface area contributed by atoms with E-state index in [2.05, 4.69) is 5.32 Å². The number of amidine groups is 1. The molecule has 0 bridgehead atoms. The number of Topliss-reactive ketones (excluding diaryl/α,β-unsaturated/α-hetero) is 1. The molecule has 3 aliphatic rings. The van der Waals surface area contributed by atoms with Crippen LogP contribution in [0.4, 0.5) is 13.2 Å². The first kappa shape index (κ1) is 18.8. The van der Waals surface area contributed by atoms with Crippen LogP contribution in [0.2, 0.25) is 0 Å². The Balaban J connectivity index is 1.80. The SMILES string of the molecule is Cc1ccc(C2N=C(N3CCOCC3)C3=C(C(=O)C(F)(F)F)NCCN32)cc1. The van der Waals surface area contributed by atoms with Gasteiger partial charge in [-0.1, -0.05) is 29.8 Å². The Hall–Kier alpha value is -2.55. The van der Waals surface area contributed by atoms with Gasteiger partial charge in [-0.2, -0.15) is 13.2 Å². The van der Waals surface area contributed by atoms with E-state index in [0.717, 1.165) is 11.1 Å². The van der Waals surface area contributed by atoms with E-state index in [-0.39, 0.29) is 12.2 Å². The average Bonchev–Trinajstić information content (AvgIpc) is 3.08. The smallest absolute Gasteiger partial charge is 0.378 e. The number of aliphatic imine (C=N–C) groups is 1. The summed E-state index contributed by atoms with van der Waals surface area (Å²) in [6.07, 6.45) is -5.40. The molecule has 1 N–H and O–H groups in total. The van der Waals surface area contributed by atoms with Crippen molar-refractivity contribution in [2.45, 2.75) is 19.3 Å². The lowest BCUT2D eigenvalue weighted by Gasteiger charge is -2.35. The number of hydrogen-bond donors (Lipinski definition) is 1. The highest BCUT2D eigenvalue weighted by molar-refractivity contribution is 6.10. The van der Waals surface area contributed by atoms with E-state index in [0.29, 0.717) is 38.7 Å². The first-order valence-corrected chi connectivity index (χ1v) is 9.20. The minimum absolute atomic E-state index is 0.237. The fraction of sp³-hybridized carbons (Fsp3) is 0.474. The number of carbonyl (C=O) groups excluding carboxylic acids is 1. The van der Waals surface area contributed by atoms with Gasteiger partial charge in [0.25, 0.3) is 5.78 Å². The van der Waals surface area contributed by atoms with Gasteiger partial charge in [0.15, 0.2) is 5.84 Å². The third-order valence-corrected chi connectivity index (χ3v) is 5.10. The molecule has 6 nitrogen and oxygen atoms in total. The topological polar surface area (TPSA) is 57.2 Å². The van der Waals surface area contributed by atoms with Crippen LogP contribution in [0.25, 0.3) is 0 Å². The number of halogens is 3. The van der Waals surface area contributed by atoms with Crippen LogP contribution in [0.15, 0.2) is 40.7 Å². The van der Waals surface area contributed by atoms with Gasteiger partial charge in [0.05, 0.1) is 13.2 Å². The summed E-state index contributed by atoms with van der Waals surface area (Å²) in [6, 6.07) is 7.75. The van der Waals surface area contributed by atoms with Crippen molar-refractivity contribution in [3.8, 4) is 0 Å². The maximum absolute atomic E-state index is 13.2. The van der Waals surface area contributed by atoms with E-state index in [9.17, 15) is 18.0 Å². The lowest BCUT2D eigenvalue weighted by atomic mass is 10.1. The number of nitrogens with one attached hydrogen (secondary N) is 1. The van der Waals surface area contributed by atoms with Gasteiger partial charge < -0.3 is 19.9 Å². The van der Waals surface area contributed by atoms with Crippen molar-refractivity contribution in [2.75, 3.05) is 39.4 Å². The van der Waals surface area contributed by atoms with Crippen molar-refractivity contribution >= 4 is 11.6 Å². The molecule has 28 heavy (non-hydrogen) atoms. The van der Waals surface area contributed by atoms with Crippen molar-refractivity contribution in [2.24, 2.45) is 4.99 Å². The summed E-state index contributed by atoms with van der Waals surface area (Å²) in [5.41, 5.74) is 1.79. The monoisotopic (exact) mass is 394 g/mol. The summed E-state index contributed by atoms with van der Waals surface area (Å²) >= 11 is 0. The Bertz CT molecular complexity index is 827. The quantitative estimate of drug-likeness (QED) is 0.832. The maximum Gasteiger partial charge on any atom is 0.456 e. The van der Waals surface area contributed by atoms with Crippen molar-refractivity contribution in [1.29, 1.82) is 0 Å². The first-order valence-electron chi connectivity index (χ1n) is 9.20. The number of fused-ring (bicyclic) bond motifs is 1. The van der Waals surface area contributed by atoms with E-state index in [1.165, 1.54) is 0 Å².